The van der Waals surface area contributed by atoms with Gasteiger partial charge in [-0.2, -0.15) is 5.10 Å². The molecule has 1 aliphatic heterocycles. The number of rotatable bonds is 1. The third-order valence-corrected chi connectivity index (χ3v) is 2.28. The van der Waals surface area contributed by atoms with E-state index in [-0.39, 0.29) is 0 Å². The molecule has 1 aromatic rings. The maximum absolute atomic E-state index is 9.20. The van der Waals surface area contributed by atoms with E-state index in [1.807, 2.05) is 0 Å². The van der Waals surface area contributed by atoms with Crippen molar-refractivity contribution in [2.45, 2.75) is 30.6 Å². The minimum absolute atomic E-state index is 0.470. The van der Waals surface area contributed by atoms with Crippen LogP contribution in [-0.2, 0) is 4.74 Å². The second-order valence-electron chi connectivity index (χ2n) is 3.46. The number of hydrogen-bond donors (Lipinski definition) is 6. The van der Waals surface area contributed by atoms with Gasteiger partial charge in [-0.05, 0) is 0 Å². The first-order valence-corrected chi connectivity index (χ1v) is 4.92. The van der Waals surface area contributed by atoms with Crippen molar-refractivity contribution in [1.29, 1.82) is 0 Å². The highest BCUT2D eigenvalue weighted by atomic mass is 16.6. The fraction of sp³-hybridized carbons (Fsp3) is 0.750. The van der Waals surface area contributed by atoms with Crippen molar-refractivity contribution < 1.29 is 25.2 Å². The Morgan fingerprint density at radius 3 is 2.41 bits per heavy atom. The number of aromatic nitrogens is 3. The highest BCUT2D eigenvalue weighted by Gasteiger charge is 2.41. The smallest absolute Gasteiger partial charge is 0.173 e. The van der Waals surface area contributed by atoms with Crippen molar-refractivity contribution in [2.24, 2.45) is 5.73 Å². The summed E-state index contributed by atoms with van der Waals surface area (Å²) >= 11 is 0. The standard InChI is InChI=1S/C6H13NO5.C2H3N3/c7-3-5(10)4(9)2(1-8)12-6(3)11;1-3-2-5-4-1/h2-6,8-11H,1,7H2;1-2H,(H,3,4,5)/t2-,3-,4-,5-,6?;/m1./s1. The molecule has 2 heterocycles. The highest BCUT2D eigenvalue weighted by Crippen LogP contribution is 2.17. The maximum atomic E-state index is 9.20. The van der Waals surface area contributed by atoms with E-state index >= 15 is 0 Å². The van der Waals surface area contributed by atoms with Gasteiger partial charge in [0.25, 0.3) is 0 Å². The molecule has 0 aliphatic carbocycles. The molecule has 0 bridgehead atoms. The Labute approximate surface area is 96.9 Å². The van der Waals surface area contributed by atoms with Gasteiger partial charge >= 0.3 is 0 Å². The van der Waals surface area contributed by atoms with Crippen LogP contribution in [-0.4, -0.2) is 72.9 Å². The number of hydrogen-bond acceptors (Lipinski definition) is 8. The van der Waals surface area contributed by atoms with E-state index in [1.165, 1.54) is 12.7 Å². The Morgan fingerprint density at radius 2 is 2.00 bits per heavy atom. The second kappa shape index (κ2) is 6.59. The molecule has 17 heavy (non-hydrogen) atoms. The van der Waals surface area contributed by atoms with Crippen molar-refractivity contribution in [3.05, 3.63) is 12.7 Å². The number of H-pyrrole nitrogens is 1. The summed E-state index contributed by atoms with van der Waals surface area (Å²) in [6.45, 7) is -0.470. The van der Waals surface area contributed by atoms with Crippen LogP contribution in [0.1, 0.15) is 0 Å². The van der Waals surface area contributed by atoms with Crippen molar-refractivity contribution in [2.75, 3.05) is 6.61 Å². The number of aliphatic hydroxyl groups is 4. The molecule has 0 amide bonds. The molecule has 7 N–H and O–H groups in total. The summed E-state index contributed by atoms with van der Waals surface area (Å²) in [5.41, 5.74) is 5.26. The minimum Gasteiger partial charge on any atom is -0.394 e. The monoisotopic (exact) mass is 248 g/mol. The molecule has 1 aliphatic rings. The third-order valence-electron chi connectivity index (χ3n) is 2.28. The van der Waals surface area contributed by atoms with Crippen molar-refractivity contribution in [1.82, 2.24) is 15.2 Å². The zero-order valence-electron chi connectivity index (χ0n) is 8.92. The van der Waals surface area contributed by atoms with Crippen LogP contribution in [0, 0.1) is 0 Å². The number of nitrogens with zero attached hydrogens (tertiary/aromatic N) is 2. The molecule has 1 saturated heterocycles. The molecule has 0 saturated carbocycles. The Bertz CT molecular complexity index is 276. The van der Waals surface area contributed by atoms with Crippen LogP contribution in [0.2, 0.25) is 0 Å². The molecule has 9 heteroatoms. The number of ether oxygens (including phenoxy) is 1. The van der Waals surface area contributed by atoms with Crippen LogP contribution in [0.4, 0.5) is 0 Å². The largest absolute Gasteiger partial charge is 0.394 e. The molecule has 0 radical (unpaired) electrons. The molecule has 98 valence electrons. The van der Waals surface area contributed by atoms with Crippen LogP contribution in [0.3, 0.4) is 0 Å². The predicted molar refractivity (Wildman–Crippen MR) is 54.3 cm³/mol. The zero-order chi connectivity index (χ0) is 12.8. The number of nitrogens with two attached hydrogens (primary N) is 1. The van der Waals surface area contributed by atoms with Crippen molar-refractivity contribution in [3.8, 4) is 0 Å². The van der Waals surface area contributed by atoms with Gasteiger partial charge in [-0.25, -0.2) is 4.98 Å². The maximum Gasteiger partial charge on any atom is 0.173 e. The van der Waals surface area contributed by atoms with E-state index in [4.69, 9.17) is 20.7 Å². The van der Waals surface area contributed by atoms with Gasteiger partial charge in [-0.1, -0.05) is 0 Å². The van der Waals surface area contributed by atoms with Gasteiger partial charge in [0.2, 0.25) is 0 Å². The Morgan fingerprint density at radius 1 is 1.29 bits per heavy atom. The Balaban J connectivity index is 0.000000239. The van der Waals surface area contributed by atoms with Crippen LogP contribution in [0.25, 0.3) is 0 Å². The summed E-state index contributed by atoms with van der Waals surface area (Å²) in [6.07, 6.45) is -1.89. The first kappa shape index (κ1) is 14.0. The Hall–Kier alpha value is -1.10. The number of aliphatic hydroxyl groups excluding tert-OH is 4. The van der Waals surface area contributed by atoms with Crippen molar-refractivity contribution >= 4 is 0 Å². The van der Waals surface area contributed by atoms with Gasteiger partial charge in [-0.15, -0.1) is 0 Å². The lowest BCUT2D eigenvalue weighted by Gasteiger charge is -2.38. The second-order valence-corrected chi connectivity index (χ2v) is 3.46. The quantitative estimate of drug-likeness (QED) is 0.299. The summed E-state index contributed by atoms with van der Waals surface area (Å²) in [5, 5.41) is 42.1. The van der Waals surface area contributed by atoms with Crippen LogP contribution < -0.4 is 5.73 Å². The van der Waals surface area contributed by atoms with Gasteiger partial charge in [-0.3, -0.25) is 5.10 Å². The Kier molecular flexibility index (Phi) is 5.41. The third kappa shape index (κ3) is 3.70. The first-order valence-electron chi connectivity index (χ1n) is 4.92. The summed E-state index contributed by atoms with van der Waals surface area (Å²) in [4.78, 5) is 3.56. The average molecular weight is 248 g/mol. The topological polar surface area (TPSA) is 158 Å². The van der Waals surface area contributed by atoms with Gasteiger partial charge in [0.15, 0.2) is 6.29 Å². The molecule has 0 aromatic carbocycles. The normalized spacial score (nSPS) is 37.1. The average Bonchev–Trinajstić information content (AvgIpc) is 2.90. The lowest BCUT2D eigenvalue weighted by atomic mass is 9.98. The zero-order valence-corrected chi connectivity index (χ0v) is 8.92. The molecule has 2 rings (SSSR count). The van der Waals surface area contributed by atoms with E-state index in [0.29, 0.717) is 0 Å². The van der Waals surface area contributed by atoms with Gasteiger partial charge in [0, 0.05) is 0 Å². The summed E-state index contributed by atoms with van der Waals surface area (Å²) in [7, 11) is 0. The summed E-state index contributed by atoms with van der Waals surface area (Å²) in [5.74, 6) is 0. The fourth-order valence-electron chi connectivity index (χ4n) is 1.28. The number of aromatic amines is 1. The van der Waals surface area contributed by atoms with Crippen LogP contribution in [0.5, 0.6) is 0 Å². The van der Waals surface area contributed by atoms with Crippen LogP contribution >= 0.6 is 0 Å². The minimum atomic E-state index is -1.35. The van der Waals surface area contributed by atoms with E-state index in [2.05, 4.69) is 15.2 Å². The van der Waals surface area contributed by atoms with E-state index in [9.17, 15) is 10.2 Å². The molecular formula is C8H16N4O5. The molecule has 5 atom stereocenters. The predicted octanol–water partition coefficient (Wildman–Crippen LogP) is -3.45. The fourth-order valence-corrected chi connectivity index (χ4v) is 1.28. The van der Waals surface area contributed by atoms with Gasteiger partial charge in [0.05, 0.1) is 12.6 Å². The molecule has 1 fully saturated rings. The van der Waals surface area contributed by atoms with Crippen molar-refractivity contribution in [3.63, 3.8) is 0 Å². The van der Waals surface area contributed by atoms with Crippen LogP contribution in [0.15, 0.2) is 12.7 Å². The van der Waals surface area contributed by atoms with E-state index in [1.54, 1.807) is 0 Å². The lowest BCUT2D eigenvalue weighted by Crippen LogP contribution is -2.61. The molecule has 1 aromatic heterocycles. The molecule has 9 nitrogen and oxygen atoms in total. The molecule has 1 unspecified atom stereocenters. The van der Waals surface area contributed by atoms with E-state index in [0.717, 1.165) is 0 Å². The van der Waals surface area contributed by atoms with E-state index < -0.39 is 37.3 Å². The molecule has 0 spiro atoms. The van der Waals surface area contributed by atoms with Gasteiger partial charge in [0.1, 0.15) is 31.0 Å². The lowest BCUT2D eigenvalue weighted by molar-refractivity contribution is -0.248. The first-order chi connectivity index (χ1) is 8.07. The summed E-state index contributed by atoms with van der Waals surface area (Å²) in [6, 6.07) is -1.04. The SMILES string of the molecule is N[C@H]1C(O)O[C@H](CO)[C@@H](O)[C@@H]1O.c1nc[nH]n1. The highest BCUT2D eigenvalue weighted by molar-refractivity contribution is 4.90. The summed E-state index contributed by atoms with van der Waals surface area (Å²) < 4.78 is 4.70. The molecular weight excluding hydrogens is 232 g/mol. The number of nitrogens with one attached hydrogen (secondary N) is 1. The van der Waals surface area contributed by atoms with Gasteiger partial charge < -0.3 is 30.9 Å².